The minimum absolute atomic E-state index is 0.269. The molecule has 3 N–H and O–H groups in total. The predicted octanol–water partition coefficient (Wildman–Crippen LogP) is 7.62. The Morgan fingerprint density at radius 3 is 1.89 bits per heavy atom. The number of nitrogens with one attached hydrogen (secondary N) is 1. The third-order valence-electron chi connectivity index (χ3n) is 6.23. The van der Waals surface area contributed by atoms with Crippen molar-refractivity contribution in [2.24, 2.45) is 0 Å². The lowest BCUT2D eigenvalue weighted by Gasteiger charge is -2.21. The first-order valence-electron chi connectivity index (χ1n) is 14.8. The van der Waals surface area contributed by atoms with E-state index < -0.39 is 28.0 Å². The highest BCUT2D eigenvalue weighted by molar-refractivity contribution is 7.85. The third kappa shape index (κ3) is 25.9. The number of unbranched alkanes of at least 4 members (excludes halogenated alkanes) is 11. The Labute approximate surface area is 233 Å². The highest BCUT2D eigenvalue weighted by Gasteiger charge is 2.24. The first-order chi connectivity index (χ1) is 18.3. The second-order valence-corrected chi connectivity index (χ2v) is 11.5. The minimum atomic E-state index is -4.34. The highest BCUT2D eigenvalue weighted by atomic mass is 32.2. The summed E-state index contributed by atoms with van der Waals surface area (Å²) in [5, 5.41) is 13.0. The molecule has 0 aliphatic heterocycles. The van der Waals surface area contributed by atoms with Crippen LogP contribution in [0.4, 0.5) is 0 Å². The van der Waals surface area contributed by atoms with Crippen LogP contribution in [0, 0.1) is 0 Å². The molecular weight excluding hydrogens is 498 g/mol. The molecule has 0 rings (SSSR count). The normalized spacial score (nSPS) is 14.3. The van der Waals surface area contributed by atoms with Gasteiger partial charge in [0, 0.05) is 6.42 Å². The van der Waals surface area contributed by atoms with Crippen molar-refractivity contribution >= 4 is 16.0 Å². The lowest BCUT2D eigenvalue weighted by atomic mass is 10.1. The van der Waals surface area contributed by atoms with E-state index in [-0.39, 0.29) is 12.3 Å². The number of allylic oxidation sites excluding steroid dienone is 7. The number of carbonyl (C=O) groups is 1. The molecule has 0 saturated heterocycles. The summed E-state index contributed by atoms with van der Waals surface area (Å²) in [7, 11) is -4.34. The van der Waals surface area contributed by atoms with E-state index in [4.69, 9.17) is 0 Å². The summed E-state index contributed by atoms with van der Waals surface area (Å²) in [4.78, 5) is 12.3. The van der Waals surface area contributed by atoms with E-state index >= 15 is 0 Å². The van der Waals surface area contributed by atoms with E-state index in [2.05, 4.69) is 55.6 Å². The van der Waals surface area contributed by atoms with Gasteiger partial charge in [0.1, 0.15) is 0 Å². The molecule has 6 nitrogen and oxygen atoms in total. The second kappa shape index (κ2) is 25.6. The summed E-state index contributed by atoms with van der Waals surface area (Å²) in [6, 6.07) is -1.08. The van der Waals surface area contributed by atoms with Crippen LogP contribution in [0.1, 0.15) is 123 Å². The quantitative estimate of drug-likeness (QED) is 0.0613. The van der Waals surface area contributed by atoms with Gasteiger partial charge in [-0.25, -0.2) is 0 Å². The van der Waals surface area contributed by atoms with Crippen molar-refractivity contribution in [1.29, 1.82) is 0 Å². The minimum Gasteiger partial charge on any atom is -0.387 e. The number of hydrogen-bond acceptors (Lipinski definition) is 4. The number of amides is 1. The Hall–Kier alpha value is -1.70. The van der Waals surface area contributed by atoms with Crippen molar-refractivity contribution in [2.75, 3.05) is 5.75 Å². The molecule has 0 aromatic carbocycles. The van der Waals surface area contributed by atoms with Gasteiger partial charge in [-0.15, -0.1) is 0 Å². The molecule has 0 aromatic rings. The standard InChI is InChI=1S/C31H55NO5S/c1-3-5-7-9-11-13-14-15-16-17-19-21-23-25-27-31(34)32-29(28-38(35,36)37)30(33)26-24-22-20-18-12-10-8-6-4-2/h9,11-12,14-15,18,24,26,29-30,33H,3-8,10,13,16-17,19-23,25,27-28H2,1-2H3,(H,32,34)(H,35,36,37)/b11-9-,15-14-,18-12+,26-24+. The van der Waals surface area contributed by atoms with Crippen molar-refractivity contribution < 1.29 is 22.9 Å². The van der Waals surface area contributed by atoms with Crippen molar-refractivity contribution in [3.8, 4) is 0 Å². The average molecular weight is 554 g/mol. The molecule has 2 unspecified atom stereocenters. The van der Waals surface area contributed by atoms with Crippen LogP contribution in [0.15, 0.2) is 48.6 Å². The monoisotopic (exact) mass is 553 g/mol. The van der Waals surface area contributed by atoms with Gasteiger partial charge < -0.3 is 10.4 Å². The van der Waals surface area contributed by atoms with Crippen LogP contribution in [0.5, 0.6) is 0 Å². The van der Waals surface area contributed by atoms with Gasteiger partial charge in [-0.2, -0.15) is 8.42 Å². The van der Waals surface area contributed by atoms with Gasteiger partial charge in [0.2, 0.25) is 5.91 Å². The van der Waals surface area contributed by atoms with Crippen LogP contribution in [0.3, 0.4) is 0 Å². The first kappa shape index (κ1) is 36.3. The molecule has 0 aliphatic rings. The number of hydrogen-bond donors (Lipinski definition) is 3. The molecule has 0 radical (unpaired) electrons. The smallest absolute Gasteiger partial charge is 0.267 e. The van der Waals surface area contributed by atoms with Crippen LogP contribution in [0.25, 0.3) is 0 Å². The SMILES string of the molecule is CCCC/C=C\C/C=C\CCCCCCCC(=O)NC(CS(=O)(=O)O)C(O)/C=C/CC/C=C/CCCCC. The van der Waals surface area contributed by atoms with E-state index in [0.717, 1.165) is 51.4 Å². The lowest BCUT2D eigenvalue weighted by Crippen LogP contribution is -2.46. The fraction of sp³-hybridized carbons (Fsp3) is 0.710. The topological polar surface area (TPSA) is 104 Å². The van der Waals surface area contributed by atoms with Gasteiger partial charge in [-0.1, -0.05) is 107 Å². The molecule has 0 fully saturated rings. The Morgan fingerprint density at radius 2 is 1.24 bits per heavy atom. The molecule has 38 heavy (non-hydrogen) atoms. The maximum atomic E-state index is 12.3. The number of rotatable bonds is 25. The Balaban J connectivity index is 4.17. The van der Waals surface area contributed by atoms with Crippen molar-refractivity contribution in [2.45, 2.75) is 135 Å². The number of aliphatic hydroxyl groups excluding tert-OH is 1. The maximum Gasteiger partial charge on any atom is 0.267 e. The zero-order chi connectivity index (χ0) is 28.3. The van der Waals surface area contributed by atoms with Crippen molar-refractivity contribution in [1.82, 2.24) is 5.32 Å². The van der Waals surface area contributed by atoms with Crippen molar-refractivity contribution in [3.05, 3.63) is 48.6 Å². The summed E-state index contributed by atoms with van der Waals surface area (Å²) < 4.78 is 32.1. The molecule has 2 atom stereocenters. The summed E-state index contributed by atoms with van der Waals surface area (Å²) in [6.07, 6.45) is 32.4. The van der Waals surface area contributed by atoms with Crippen molar-refractivity contribution in [3.63, 3.8) is 0 Å². The molecule has 0 bridgehead atoms. The number of carbonyl (C=O) groups excluding carboxylic acids is 1. The average Bonchev–Trinajstić information content (AvgIpc) is 2.86. The molecule has 0 aromatic heterocycles. The Morgan fingerprint density at radius 1 is 0.711 bits per heavy atom. The summed E-state index contributed by atoms with van der Waals surface area (Å²) in [5.41, 5.74) is 0. The molecule has 0 heterocycles. The molecule has 0 saturated carbocycles. The van der Waals surface area contributed by atoms with Gasteiger partial charge >= 0.3 is 0 Å². The molecule has 0 spiro atoms. The van der Waals surface area contributed by atoms with Gasteiger partial charge in [-0.05, 0) is 57.8 Å². The van der Waals surface area contributed by atoms with Crippen LogP contribution in [-0.2, 0) is 14.9 Å². The van der Waals surface area contributed by atoms with E-state index in [9.17, 15) is 22.9 Å². The fourth-order valence-electron chi connectivity index (χ4n) is 3.95. The van der Waals surface area contributed by atoms with E-state index in [1.54, 1.807) is 6.08 Å². The molecule has 0 aliphatic carbocycles. The van der Waals surface area contributed by atoms with Gasteiger partial charge in [0.15, 0.2) is 0 Å². The molecule has 220 valence electrons. The first-order valence-corrected chi connectivity index (χ1v) is 16.4. The van der Waals surface area contributed by atoms with Gasteiger partial charge in [-0.3, -0.25) is 9.35 Å². The summed E-state index contributed by atoms with van der Waals surface area (Å²) in [6.45, 7) is 4.38. The number of aliphatic hydroxyl groups is 1. The molecule has 1 amide bonds. The maximum absolute atomic E-state index is 12.3. The van der Waals surface area contributed by atoms with Crippen LogP contribution in [0.2, 0.25) is 0 Å². The van der Waals surface area contributed by atoms with Gasteiger partial charge in [0.25, 0.3) is 10.1 Å². The van der Waals surface area contributed by atoms with Crippen LogP contribution in [-0.4, -0.2) is 41.9 Å². The predicted molar refractivity (Wildman–Crippen MR) is 161 cm³/mol. The van der Waals surface area contributed by atoms with Crippen LogP contribution < -0.4 is 5.32 Å². The van der Waals surface area contributed by atoms with E-state index in [0.29, 0.717) is 12.8 Å². The van der Waals surface area contributed by atoms with E-state index in [1.165, 1.54) is 44.6 Å². The zero-order valence-corrected chi connectivity index (χ0v) is 24.8. The largest absolute Gasteiger partial charge is 0.387 e. The zero-order valence-electron chi connectivity index (χ0n) is 24.0. The molecule has 7 heteroatoms. The third-order valence-corrected chi connectivity index (χ3v) is 7.01. The van der Waals surface area contributed by atoms with Crippen LogP contribution >= 0.6 is 0 Å². The Bertz CT molecular complexity index is 786. The van der Waals surface area contributed by atoms with E-state index in [1.807, 2.05) is 0 Å². The highest BCUT2D eigenvalue weighted by Crippen LogP contribution is 2.09. The molecular formula is C31H55NO5S. The summed E-state index contributed by atoms with van der Waals surface area (Å²) in [5.74, 6) is -1.03. The Kier molecular flexibility index (Phi) is 24.4. The fourth-order valence-corrected chi connectivity index (χ4v) is 4.68. The lowest BCUT2D eigenvalue weighted by molar-refractivity contribution is -0.122. The van der Waals surface area contributed by atoms with Gasteiger partial charge in [0.05, 0.1) is 17.9 Å². The second-order valence-electron chi connectivity index (χ2n) is 10.0. The summed E-state index contributed by atoms with van der Waals surface area (Å²) >= 11 is 0.